The Hall–Kier alpha value is 1.05. The van der Waals surface area contributed by atoms with Crippen LogP contribution in [0.5, 0.6) is 0 Å². The smallest absolute Gasteiger partial charge is 0.0107 e. The minimum atomic E-state index is 0.702. The van der Waals surface area contributed by atoms with E-state index in [1.54, 1.807) is 0 Å². The molecular formula is C6H14S3. The molecule has 0 N–H and O–H groups in total. The molecule has 0 aromatic heterocycles. The molecule has 0 bridgehead atoms. The number of thiol groups is 2. The quantitative estimate of drug-likeness (QED) is 0.486. The molecule has 0 heterocycles. The average molecular weight is 182 g/mol. The van der Waals surface area contributed by atoms with Crippen molar-refractivity contribution >= 4 is 37.0 Å². The van der Waals surface area contributed by atoms with Crippen molar-refractivity contribution in [2.75, 3.05) is 17.3 Å². The van der Waals surface area contributed by atoms with E-state index >= 15 is 0 Å². The number of thioether (sulfide) groups is 1. The minimum absolute atomic E-state index is 0.702. The van der Waals surface area contributed by atoms with Crippen LogP contribution < -0.4 is 0 Å². The third kappa shape index (κ3) is 6.94. The van der Waals surface area contributed by atoms with Gasteiger partial charge in [-0.15, -0.1) is 0 Å². The summed E-state index contributed by atoms with van der Waals surface area (Å²) >= 11 is 10.3. The van der Waals surface area contributed by atoms with Gasteiger partial charge in [0, 0.05) is 11.0 Å². The Labute approximate surface area is 73.0 Å². The van der Waals surface area contributed by atoms with Crippen LogP contribution >= 0.6 is 37.0 Å². The third-order valence-electron chi connectivity index (χ3n) is 0.962. The first-order valence-electron chi connectivity index (χ1n) is 3.14. The molecule has 0 fully saturated rings. The van der Waals surface area contributed by atoms with Gasteiger partial charge in [0.25, 0.3) is 0 Å². The van der Waals surface area contributed by atoms with Crippen molar-refractivity contribution in [1.82, 2.24) is 0 Å². The highest BCUT2D eigenvalue weighted by Gasteiger charge is 1.96. The molecule has 0 rings (SSSR count). The average Bonchev–Trinajstić information content (AvgIpc) is 1.89. The third-order valence-corrected chi connectivity index (χ3v) is 3.33. The summed E-state index contributed by atoms with van der Waals surface area (Å²) < 4.78 is 0. The lowest BCUT2D eigenvalue weighted by molar-refractivity contribution is 1.09. The van der Waals surface area contributed by atoms with Gasteiger partial charge in [-0.05, 0) is 17.9 Å². The van der Waals surface area contributed by atoms with Crippen molar-refractivity contribution in [3.63, 3.8) is 0 Å². The summed E-state index contributed by atoms with van der Waals surface area (Å²) in [4.78, 5) is 0. The molecule has 0 aliphatic carbocycles. The minimum Gasteiger partial charge on any atom is -0.179 e. The van der Waals surface area contributed by atoms with E-state index < -0.39 is 0 Å². The molecule has 1 atom stereocenters. The molecule has 0 aliphatic heterocycles. The van der Waals surface area contributed by atoms with Gasteiger partial charge in [-0.3, -0.25) is 0 Å². The maximum atomic E-state index is 4.18. The fraction of sp³-hybridized carbons (Fsp3) is 1.00. The first kappa shape index (κ1) is 10.0. The molecule has 0 saturated heterocycles. The SMILES string of the molecule is CC(CS)SCCCS. The Balaban J connectivity index is 2.88. The Kier molecular flexibility index (Phi) is 8.00. The number of rotatable bonds is 5. The molecule has 0 aliphatic rings. The fourth-order valence-corrected chi connectivity index (χ4v) is 1.91. The van der Waals surface area contributed by atoms with Crippen LogP contribution in [0, 0.1) is 0 Å². The van der Waals surface area contributed by atoms with Crippen molar-refractivity contribution in [2.24, 2.45) is 0 Å². The van der Waals surface area contributed by atoms with Crippen LogP contribution in [-0.2, 0) is 0 Å². The van der Waals surface area contributed by atoms with Crippen LogP contribution in [0.2, 0.25) is 0 Å². The lowest BCUT2D eigenvalue weighted by Gasteiger charge is -2.05. The second kappa shape index (κ2) is 7.16. The molecule has 3 heteroatoms. The molecule has 0 aromatic rings. The second-order valence-corrected chi connectivity index (χ2v) is 4.30. The first-order valence-corrected chi connectivity index (χ1v) is 5.46. The van der Waals surface area contributed by atoms with Crippen LogP contribution in [0.3, 0.4) is 0 Å². The summed E-state index contributed by atoms with van der Waals surface area (Å²) in [5.74, 6) is 3.22. The molecule has 56 valence electrons. The summed E-state index contributed by atoms with van der Waals surface area (Å²) in [6, 6.07) is 0. The molecule has 1 unspecified atom stereocenters. The van der Waals surface area contributed by atoms with Crippen LogP contribution in [0.4, 0.5) is 0 Å². The zero-order valence-corrected chi connectivity index (χ0v) is 8.31. The molecule has 0 amide bonds. The van der Waals surface area contributed by atoms with E-state index in [9.17, 15) is 0 Å². The van der Waals surface area contributed by atoms with E-state index in [0.717, 1.165) is 11.5 Å². The van der Waals surface area contributed by atoms with Gasteiger partial charge >= 0.3 is 0 Å². The number of hydrogen-bond acceptors (Lipinski definition) is 3. The van der Waals surface area contributed by atoms with Gasteiger partial charge in [0.1, 0.15) is 0 Å². The van der Waals surface area contributed by atoms with Gasteiger partial charge in [-0.1, -0.05) is 6.92 Å². The van der Waals surface area contributed by atoms with Gasteiger partial charge in [-0.2, -0.15) is 37.0 Å². The fourth-order valence-electron chi connectivity index (χ4n) is 0.402. The molecule has 9 heavy (non-hydrogen) atoms. The van der Waals surface area contributed by atoms with Crippen LogP contribution in [0.15, 0.2) is 0 Å². The van der Waals surface area contributed by atoms with E-state index in [-0.39, 0.29) is 0 Å². The van der Waals surface area contributed by atoms with Crippen molar-refractivity contribution in [3.05, 3.63) is 0 Å². The van der Waals surface area contributed by atoms with Gasteiger partial charge in [0.05, 0.1) is 0 Å². The predicted octanol–water partition coefficient (Wildman–Crippen LogP) is 2.36. The van der Waals surface area contributed by atoms with Gasteiger partial charge in [-0.25, -0.2) is 0 Å². The van der Waals surface area contributed by atoms with E-state index in [4.69, 9.17) is 0 Å². The van der Waals surface area contributed by atoms with Crippen molar-refractivity contribution in [1.29, 1.82) is 0 Å². The normalized spacial score (nSPS) is 13.7. The Morgan fingerprint density at radius 2 is 2.11 bits per heavy atom. The maximum absolute atomic E-state index is 4.18. The summed E-state index contributed by atoms with van der Waals surface area (Å²) in [6.45, 7) is 2.20. The Bertz CT molecular complexity index is 56.3. The zero-order valence-electron chi connectivity index (χ0n) is 5.71. The molecular weight excluding hydrogens is 168 g/mol. The van der Waals surface area contributed by atoms with E-state index in [1.165, 1.54) is 12.2 Å². The van der Waals surface area contributed by atoms with Crippen LogP contribution in [0.1, 0.15) is 13.3 Å². The Morgan fingerprint density at radius 1 is 1.44 bits per heavy atom. The van der Waals surface area contributed by atoms with E-state index in [0.29, 0.717) is 5.25 Å². The first-order chi connectivity index (χ1) is 4.31. The highest BCUT2D eigenvalue weighted by atomic mass is 32.2. The topological polar surface area (TPSA) is 0 Å². The molecule has 0 spiro atoms. The summed E-state index contributed by atoms with van der Waals surface area (Å²) in [5, 5.41) is 0.702. The summed E-state index contributed by atoms with van der Waals surface area (Å²) in [6.07, 6.45) is 1.21. The summed E-state index contributed by atoms with van der Waals surface area (Å²) in [7, 11) is 0. The van der Waals surface area contributed by atoms with E-state index in [2.05, 4.69) is 32.2 Å². The van der Waals surface area contributed by atoms with Gasteiger partial charge in [0.15, 0.2) is 0 Å². The van der Waals surface area contributed by atoms with Gasteiger partial charge in [0.2, 0.25) is 0 Å². The highest BCUT2D eigenvalue weighted by molar-refractivity contribution is 8.00. The van der Waals surface area contributed by atoms with Crippen LogP contribution in [-0.4, -0.2) is 22.5 Å². The molecule has 0 nitrogen and oxygen atoms in total. The molecule has 0 aromatic carbocycles. The molecule has 0 radical (unpaired) electrons. The van der Waals surface area contributed by atoms with Crippen molar-refractivity contribution < 1.29 is 0 Å². The van der Waals surface area contributed by atoms with E-state index in [1.807, 2.05) is 11.8 Å². The number of hydrogen-bond donors (Lipinski definition) is 2. The van der Waals surface area contributed by atoms with Gasteiger partial charge < -0.3 is 0 Å². The standard InChI is InChI=1S/C6H14S3/c1-6(5-8)9-4-2-3-7/h6-8H,2-5H2,1H3. The monoisotopic (exact) mass is 182 g/mol. The van der Waals surface area contributed by atoms with Crippen LogP contribution in [0.25, 0.3) is 0 Å². The van der Waals surface area contributed by atoms with Crippen molar-refractivity contribution in [2.45, 2.75) is 18.6 Å². The summed E-state index contributed by atoms with van der Waals surface area (Å²) in [5.41, 5.74) is 0. The lowest BCUT2D eigenvalue weighted by Crippen LogP contribution is -1.98. The zero-order chi connectivity index (χ0) is 7.11. The predicted molar refractivity (Wildman–Crippen MR) is 54.2 cm³/mol. The lowest BCUT2D eigenvalue weighted by atomic mass is 10.6. The largest absolute Gasteiger partial charge is 0.179 e. The van der Waals surface area contributed by atoms with Crippen molar-refractivity contribution in [3.8, 4) is 0 Å². The highest BCUT2D eigenvalue weighted by Crippen LogP contribution is 2.12. The maximum Gasteiger partial charge on any atom is 0.0107 e. The molecule has 0 saturated carbocycles. The Morgan fingerprint density at radius 3 is 2.56 bits per heavy atom. The second-order valence-electron chi connectivity index (χ2n) is 1.94.